The monoisotopic (exact) mass is 542 g/mol. The van der Waals surface area contributed by atoms with Crippen molar-refractivity contribution < 1.29 is 26.2 Å². The number of terminal acetylenes is 1. The molecule has 27 heavy (non-hydrogen) atoms. The number of aryl methyl sites for hydroxylation is 1. The Labute approximate surface area is 176 Å². The zero-order valence-electron chi connectivity index (χ0n) is 16.0. The molecule has 2 bridgehead atoms. The molecule has 0 amide bonds. The van der Waals surface area contributed by atoms with Crippen LogP contribution in [-0.4, -0.2) is 42.4 Å². The van der Waals surface area contributed by atoms with Crippen LogP contribution in [0.4, 0.5) is 11.4 Å². The van der Waals surface area contributed by atoms with Gasteiger partial charge in [0.05, 0.1) is 17.4 Å². The summed E-state index contributed by atoms with van der Waals surface area (Å²) < 4.78 is 0. The van der Waals surface area contributed by atoms with Gasteiger partial charge in [0.25, 0.3) is 0 Å². The van der Waals surface area contributed by atoms with Crippen LogP contribution in [0.5, 0.6) is 0 Å². The van der Waals surface area contributed by atoms with Crippen LogP contribution < -0.4 is 4.90 Å². The predicted octanol–water partition coefficient (Wildman–Crippen LogP) is 4.12. The summed E-state index contributed by atoms with van der Waals surface area (Å²) in [6.07, 6.45) is 8.41. The van der Waals surface area contributed by atoms with E-state index >= 15 is 0 Å². The molecule has 2 unspecified atom stereocenters. The fraction of sp³-hybridized carbons (Fsp3) is 0.318. The first-order valence-corrected chi connectivity index (χ1v) is 8.75. The number of rotatable bonds is 2. The van der Waals surface area contributed by atoms with E-state index in [1.165, 1.54) is 0 Å². The summed E-state index contributed by atoms with van der Waals surface area (Å²) in [6.45, 7) is 12.8. The second kappa shape index (κ2) is 8.19. The Morgan fingerprint density at radius 2 is 2.15 bits per heavy atom. The van der Waals surface area contributed by atoms with Crippen LogP contribution in [0, 0.1) is 19.3 Å². The molecule has 0 aromatic heterocycles. The van der Waals surface area contributed by atoms with E-state index in [9.17, 15) is 5.11 Å². The predicted molar refractivity (Wildman–Crippen MR) is 109 cm³/mol. The zero-order chi connectivity index (χ0) is 19.0. The van der Waals surface area contributed by atoms with E-state index in [1.807, 2.05) is 25.1 Å². The fourth-order valence-corrected chi connectivity index (χ4v) is 4.06. The van der Waals surface area contributed by atoms with Crippen molar-refractivity contribution in [2.75, 3.05) is 18.5 Å². The van der Waals surface area contributed by atoms with Gasteiger partial charge in [-0.3, -0.25) is 4.99 Å². The van der Waals surface area contributed by atoms with Crippen LogP contribution >= 0.6 is 0 Å². The van der Waals surface area contributed by atoms with Crippen molar-refractivity contribution in [3.8, 4) is 12.3 Å². The summed E-state index contributed by atoms with van der Waals surface area (Å²) in [5.74, 6) is 2.41. The minimum absolute atomic E-state index is 0. The summed E-state index contributed by atoms with van der Waals surface area (Å²) in [6, 6.07) is 6.38. The quantitative estimate of drug-likeness (QED) is 0.347. The molecule has 1 aromatic rings. The maximum atomic E-state index is 10.6. The number of hydrogen-bond donors (Lipinski definition) is 1. The van der Waals surface area contributed by atoms with Gasteiger partial charge in [-0.1, -0.05) is 18.7 Å². The van der Waals surface area contributed by atoms with Crippen LogP contribution in [0.15, 0.2) is 58.4 Å². The van der Waals surface area contributed by atoms with Crippen molar-refractivity contribution in [1.82, 2.24) is 4.90 Å². The molecule has 2 atom stereocenters. The molecule has 0 saturated carbocycles. The van der Waals surface area contributed by atoms with E-state index in [2.05, 4.69) is 54.0 Å². The van der Waals surface area contributed by atoms with Gasteiger partial charge in [-0.2, -0.15) is 0 Å². The third-order valence-electron chi connectivity index (χ3n) is 5.48. The van der Waals surface area contributed by atoms with Crippen LogP contribution in [0.2, 0.25) is 0 Å². The number of aliphatic hydroxyl groups is 1. The minimum Gasteiger partial charge on any atom is -0.500 e. The normalized spacial score (nSPS) is 25.0. The van der Waals surface area contributed by atoms with Gasteiger partial charge in [0.1, 0.15) is 0 Å². The molecule has 5 heteroatoms. The van der Waals surface area contributed by atoms with E-state index in [1.54, 1.807) is 0 Å². The molecule has 2 aliphatic rings. The summed E-state index contributed by atoms with van der Waals surface area (Å²) >= 11 is 0. The van der Waals surface area contributed by atoms with Gasteiger partial charge in [0.15, 0.2) is 5.76 Å². The molecule has 1 N–H and O–H groups in total. The van der Waals surface area contributed by atoms with Gasteiger partial charge < -0.3 is 14.9 Å². The van der Waals surface area contributed by atoms with Gasteiger partial charge in [0, 0.05) is 57.5 Å². The third kappa shape index (κ3) is 3.49. The molecule has 2 heterocycles. The largest absolute Gasteiger partial charge is 0.500 e. The van der Waals surface area contributed by atoms with Gasteiger partial charge in [0.2, 0.25) is 0 Å². The van der Waals surface area contributed by atoms with Crippen molar-refractivity contribution in [3.05, 3.63) is 59.0 Å². The van der Waals surface area contributed by atoms with E-state index in [4.69, 9.17) is 6.42 Å². The maximum Gasteiger partial charge on any atom is 0.172 e. The van der Waals surface area contributed by atoms with Crippen molar-refractivity contribution in [1.29, 1.82) is 0 Å². The number of hydrogen-bond acceptors (Lipinski definition) is 4. The molecular formula is C22H25N3OPt. The van der Waals surface area contributed by atoms with E-state index in [-0.39, 0.29) is 38.9 Å². The molecule has 4 nitrogen and oxygen atoms in total. The molecule has 2 aliphatic heterocycles. The topological polar surface area (TPSA) is 39.1 Å². The van der Waals surface area contributed by atoms with E-state index in [0.717, 1.165) is 46.7 Å². The third-order valence-corrected chi connectivity index (χ3v) is 5.48. The second-order valence-electron chi connectivity index (χ2n) is 6.87. The average Bonchev–Trinajstić information content (AvgIpc) is 3.04. The van der Waals surface area contributed by atoms with E-state index < -0.39 is 0 Å². The summed E-state index contributed by atoms with van der Waals surface area (Å²) in [5, 5.41) is 10.6. The summed E-state index contributed by atoms with van der Waals surface area (Å²) in [5.41, 5.74) is 5.57. The van der Waals surface area contributed by atoms with Crippen LogP contribution in [0.3, 0.4) is 0 Å². The van der Waals surface area contributed by atoms with Crippen LogP contribution in [0.1, 0.15) is 18.9 Å². The van der Waals surface area contributed by atoms with Crippen molar-refractivity contribution in [3.63, 3.8) is 0 Å². The number of anilines is 1. The SMILES string of the molecule is C#C/C(O)=C1\C(=C/C)C(=C)N(C)C2CC1N(c1cc(C)ccc1N=C)C2.[Pt]. The minimum atomic E-state index is -0.0359. The van der Waals surface area contributed by atoms with Gasteiger partial charge in [-0.25, -0.2) is 0 Å². The Balaban J connectivity index is 0.00000261. The van der Waals surface area contributed by atoms with E-state index in [0.29, 0.717) is 0 Å². The molecular weight excluding hydrogens is 517 g/mol. The standard InChI is InChI=1S/C22H25N3O.Pt/c1-7-17-15(4)24(6)16-12-20(22(17)21(26)8-2)25(13-16)19-11-14(3)9-10-18(19)23-5;/h2,7,9-11,16,20,26H,4-5,12-13H2,1,3,6H3;/b17-7-,22-21-;. The van der Waals surface area contributed by atoms with Crippen LogP contribution in [0.25, 0.3) is 0 Å². The Morgan fingerprint density at radius 3 is 2.74 bits per heavy atom. The van der Waals surface area contributed by atoms with Crippen molar-refractivity contribution in [2.24, 2.45) is 4.99 Å². The molecule has 1 aromatic carbocycles. The van der Waals surface area contributed by atoms with Crippen LogP contribution in [-0.2, 0) is 21.1 Å². The van der Waals surface area contributed by atoms with Gasteiger partial charge in [-0.15, -0.1) is 6.42 Å². The Morgan fingerprint density at radius 1 is 1.44 bits per heavy atom. The molecule has 2 fully saturated rings. The number of likely N-dealkylation sites (tertiary alicyclic amines) is 1. The first-order chi connectivity index (χ1) is 12.4. The Kier molecular flexibility index (Phi) is 6.39. The Bertz CT molecular complexity index is 878. The number of fused-ring (bicyclic) bond motifs is 2. The number of benzene rings is 1. The molecule has 0 aliphatic carbocycles. The zero-order valence-corrected chi connectivity index (χ0v) is 18.2. The van der Waals surface area contributed by atoms with Gasteiger partial charge >= 0.3 is 0 Å². The first-order valence-electron chi connectivity index (χ1n) is 8.75. The number of aliphatic hydroxyl groups excluding tert-OH is 1. The first kappa shape index (κ1) is 21.1. The number of likely N-dealkylation sites (N-methyl/N-ethyl adjacent to an activating group) is 1. The summed E-state index contributed by atoms with van der Waals surface area (Å²) in [7, 11) is 2.05. The average molecular weight is 543 g/mol. The molecule has 3 rings (SSSR count). The number of aliphatic imine (C=N–C) groups is 1. The number of allylic oxidation sites excluding steroid dienone is 3. The smallest absolute Gasteiger partial charge is 0.172 e. The molecule has 0 spiro atoms. The Hall–Kier alpha value is -2.24. The fourth-order valence-electron chi connectivity index (χ4n) is 4.06. The summed E-state index contributed by atoms with van der Waals surface area (Å²) in [4.78, 5) is 8.68. The van der Waals surface area contributed by atoms with Gasteiger partial charge in [-0.05, 0) is 50.6 Å². The number of nitrogens with zero attached hydrogens (tertiary/aromatic N) is 3. The second-order valence-corrected chi connectivity index (χ2v) is 6.87. The molecule has 144 valence electrons. The maximum absolute atomic E-state index is 10.6. The van der Waals surface area contributed by atoms with Crippen molar-refractivity contribution >= 4 is 18.1 Å². The molecule has 0 radical (unpaired) electrons. The van der Waals surface area contributed by atoms with Crippen molar-refractivity contribution in [2.45, 2.75) is 32.4 Å². The molecule has 2 saturated heterocycles.